The fourth-order valence-corrected chi connectivity index (χ4v) is 1.85. The molecule has 1 unspecified atom stereocenters. The third kappa shape index (κ3) is 5.12. The van der Waals surface area contributed by atoms with E-state index in [-0.39, 0.29) is 6.54 Å². The van der Waals surface area contributed by atoms with E-state index < -0.39 is 36.0 Å². The molecule has 108 valence electrons. The van der Waals surface area contributed by atoms with Gasteiger partial charge in [-0.2, -0.15) is 0 Å². The van der Waals surface area contributed by atoms with Gasteiger partial charge in [0.25, 0.3) is 0 Å². The van der Waals surface area contributed by atoms with Crippen molar-refractivity contribution in [2.75, 3.05) is 13.2 Å². The number of amides is 3. The topological polar surface area (TPSA) is 131 Å². The highest BCUT2D eigenvalue weighted by Gasteiger charge is 2.30. The van der Waals surface area contributed by atoms with Crippen molar-refractivity contribution in [3.05, 3.63) is 0 Å². The Morgan fingerprint density at radius 3 is 2.63 bits per heavy atom. The first-order valence-corrected chi connectivity index (χ1v) is 6.02. The van der Waals surface area contributed by atoms with Gasteiger partial charge in [-0.15, -0.1) is 0 Å². The number of hydrogen-bond donors (Lipinski definition) is 4. The number of carboxylic acids is 1. The summed E-state index contributed by atoms with van der Waals surface area (Å²) in [5.74, 6) is -2.10. The first kappa shape index (κ1) is 15.2. The Labute approximate surface area is 110 Å². The van der Waals surface area contributed by atoms with E-state index in [1.807, 2.05) is 6.92 Å². The van der Waals surface area contributed by atoms with Gasteiger partial charge in [0.05, 0.1) is 12.0 Å². The van der Waals surface area contributed by atoms with Gasteiger partial charge in [0.2, 0.25) is 5.91 Å². The van der Waals surface area contributed by atoms with Gasteiger partial charge < -0.3 is 26.2 Å². The molecule has 0 aromatic carbocycles. The maximum atomic E-state index is 11.5. The molecule has 0 radical (unpaired) electrons. The third-order valence-electron chi connectivity index (χ3n) is 2.93. The highest BCUT2D eigenvalue weighted by molar-refractivity contribution is 5.87. The number of aliphatic carboxylic acids is 1. The smallest absolute Gasteiger partial charge is 0.326 e. The minimum atomic E-state index is -1.32. The Morgan fingerprint density at radius 2 is 2.16 bits per heavy atom. The largest absolute Gasteiger partial charge is 0.480 e. The van der Waals surface area contributed by atoms with Crippen LogP contribution in [0.15, 0.2) is 0 Å². The second kappa shape index (κ2) is 6.37. The summed E-state index contributed by atoms with van der Waals surface area (Å²) in [6.45, 7) is 2.80. The standard InChI is InChI=1S/C11H19N3O5/c1-11(3-2-4-19-11)6-13-10(18)14-7(9(16)17)5-8(12)15/h7H,2-6H2,1H3,(H2,12,15)(H,16,17)(H2,13,14,18)/t7-,11?/m1/s1. The molecule has 1 fully saturated rings. The van der Waals surface area contributed by atoms with E-state index in [9.17, 15) is 14.4 Å². The van der Waals surface area contributed by atoms with E-state index in [1.54, 1.807) is 0 Å². The van der Waals surface area contributed by atoms with Crippen LogP contribution in [0.3, 0.4) is 0 Å². The van der Waals surface area contributed by atoms with Crippen molar-refractivity contribution in [2.45, 2.75) is 37.8 Å². The zero-order valence-electron chi connectivity index (χ0n) is 10.8. The molecule has 1 aliphatic heterocycles. The second-order valence-electron chi connectivity index (χ2n) is 4.79. The predicted octanol–water partition coefficient (Wildman–Crippen LogP) is -0.817. The number of nitrogens with two attached hydrogens (primary N) is 1. The summed E-state index contributed by atoms with van der Waals surface area (Å²) in [7, 11) is 0. The molecule has 0 aromatic rings. The van der Waals surface area contributed by atoms with Crippen LogP contribution in [0.25, 0.3) is 0 Å². The van der Waals surface area contributed by atoms with Crippen LogP contribution in [0.5, 0.6) is 0 Å². The first-order chi connectivity index (χ1) is 8.82. The Morgan fingerprint density at radius 1 is 1.47 bits per heavy atom. The molecule has 0 spiro atoms. The maximum absolute atomic E-state index is 11.5. The third-order valence-corrected chi connectivity index (χ3v) is 2.93. The van der Waals surface area contributed by atoms with Crippen molar-refractivity contribution in [3.8, 4) is 0 Å². The van der Waals surface area contributed by atoms with Crippen LogP contribution in [0.1, 0.15) is 26.2 Å². The summed E-state index contributed by atoms with van der Waals surface area (Å²) in [6, 6.07) is -1.99. The zero-order valence-corrected chi connectivity index (χ0v) is 10.8. The zero-order chi connectivity index (χ0) is 14.5. The van der Waals surface area contributed by atoms with Crippen molar-refractivity contribution in [3.63, 3.8) is 0 Å². The van der Waals surface area contributed by atoms with E-state index in [0.717, 1.165) is 12.8 Å². The lowest BCUT2D eigenvalue weighted by atomic mass is 10.0. The lowest BCUT2D eigenvalue weighted by Crippen LogP contribution is -2.50. The Hall–Kier alpha value is -1.83. The monoisotopic (exact) mass is 273 g/mol. The van der Waals surface area contributed by atoms with Gasteiger partial charge in [0.15, 0.2) is 0 Å². The predicted molar refractivity (Wildman–Crippen MR) is 65.4 cm³/mol. The summed E-state index contributed by atoms with van der Waals surface area (Å²) < 4.78 is 5.47. The quantitative estimate of drug-likeness (QED) is 0.502. The second-order valence-corrected chi connectivity index (χ2v) is 4.79. The van der Waals surface area contributed by atoms with Crippen molar-refractivity contribution < 1.29 is 24.2 Å². The van der Waals surface area contributed by atoms with E-state index in [1.165, 1.54) is 0 Å². The van der Waals surface area contributed by atoms with Gasteiger partial charge in [0.1, 0.15) is 6.04 Å². The highest BCUT2D eigenvalue weighted by atomic mass is 16.5. The summed E-state index contributed by atoms with van der Waals surface area (Å²) in [4.78, 5) is 33.0. The van der Waals surface area contributed by atoms with Crippen LogP contribution >= 0.6 is 0 Å². The van der Waals surface area contributed by atoms with Crippen molar-refractivity contribution in [2.24, 2.45) is 5.73 Å². The molecule has 2 atom stereocenters. The highest BCUT2D eigenvalue weighted by Crippen LogP contribution is 2.23. The summed E-state index contributed by atoms with van der Waals surface area (Å²) >= 11 is 0. The SMILES string of the molecule is CC1(CNC(=O)N[C@H](CC(N)=O)C(=O)O)CCCO1. The molecular formula is C11H19N3O5. The Kier molecular flexibility index (Phi) is 5.11. The Balaban J connectivity index is 2.40. The van der Waals surface area contributed by atoms with Gasteiger partial charge in [-0.3, -0.25) is 4.79 Å². The molecule has 1 rings (SSSR count). The molecular weight excluding hydrogens is 254 g/mol. The fraction of sp³-hybridized carbons (Fsp3) is 0.727. The molecule has 8 nitrogen and oxygen atoms in total. The average molecular weight is 273 g/mol. The van der Waals surface area contributed by atoms with Gasteiger partial charge in [0, 0.05) is 13.2 Å². The van der Waals surface area contributed by atoms with Crippen LogP contribution in [0, 0.1) is 0 Å². The molecule has 1 heterocycles. The van der Waals surface area contributed by atoms with Crippen LogP contribution < -0.4 is 16.4 Å². The summed E-state index contributed by atoms with van der Waals surface area (Å²) in [5, 5.41) is 13.5. The van der Waals surface area contributed by atoms with Gasteiger partial charge in [-0.25, -0.2) is 9.59 Å². The van der Waals surface area contributed by atoms with Crippen LogP contribution in [-0.2, 0) is 14.3 Å². The molecule has 0 saturated carbocycles. The van der Waals surface area contributed by atoms with Gasteiger partial charge >= 0.3 is 12.0 Å². The number of nitrogens with one attached hydrogen (secondary N) is 2. The number of primary amides is 1. The number of hydrogen-bond acceptors (Lipinski definition) is 4. The molecule has 1 saturated heterocycles. The normalized spacial score (nSPS) is 23.6. The average Bonchev–Trinajstić information content (AvgIpc) is 2.73. The van der Waals surface area contributed by atoms with Crippen LogP contribution in [0.4, 0.5) is 4.79 Å². The van der Waals surface area contributed by atoms with E-state index in [4.69, 9.17) is 15.6 Å². The van der Waals surface area contributed by atoms with Crippen LogP contribution in [0.2, 0.25) is 0 Å². The van der Waals surface area contributed by atoms with E-state index in [2.05, 4.69) is 10.6 Å². The maximum Gasteiger partial charge on any atom is 0.326 e. The number of carbonyl (C=O) groups excluding carboxylic acids is 2. The van der Waals surface area contributed by atoms with Crippen molar-refractivity contribution >= 4 is 17.9 Å². The van der Waals surface area contributed by atoms with Crippen molar-refractivity contribution in [1.29, 1.82) is 0 Å². The first-order valence-electron chi connectivity index (χ1n) is 6.02. The van der Waals surface area contributed by atoms with E-state index >= 15 is 0 Å². The van der Waals surface area contributed by atoms with Crippen molar-refractivity contribution in [1.82, 2.24) is 10.6 Å². The number of urea groups is 1. The molecule has 0 aliphatic carbocycles. The fourth-order valence-electron chi connectivity index (χ4n) is 1.85. The molecule has 0 aromatic heterocycles. The van der Waals surface area contributed by atoms with Gasteiger partial charge in [-0.05, 0) is 19.8 Å². The van der Waals surface area contributed by atoms with E-state index in [0.29, 0.717) is 6.61 Å². The molecule has 19 heavy (non-hydrogen) atoms. The number of carboxylic acid groups (broad SMARTS) is 1. The summed E-state index contributed by atoms with van der Waals surface area (Å²) in [5.41, 5.74) is 4.49. The summed E-state index contributed by atoms with van der Waals surface area (Å²) in [6.07, 6.45) is 1.31. The van der Waals surface area contributed by atoms with Crippen LogP contribution in [-0.4, -0.2) is 47.8 Å². The lowest BCUT2D eigenvalue weighted by Gasteiger charge is -2.24. The minimum absolute atomic E-state index is 0.280. The molecule has 3 amide bonds. The molecule has 8 heteroatoms. The number of carbonyl (C=O) groups is 3. The minimum Gasteiger partial charge on any atom is -0.480 e. The molecule has 5 N–H and O–H groups in total. The Bertz CT molecular complexity index is 365. The lowest BCUT2D eigenvalue weighted by molar-refractivity contribution is -0.140. The molecule has 0 bridgehead atoms. The number of ether oxygens (including phenoxy) is 1. The van der Waals surface area contributed by atoms with Gasteiger partial charge in [-0.1, -0.05) is 0 Å². The molecule has 1 aliphatic rings. The number of rotatable bonds is 6.